The van der Waals surface area contributed by atoms with Crippen LogP contribution in [0.2, 0.25) is 0 Å². The molecule has 1 rings (SSSR count). The molecule has 0 aliphatic carbocycles. The lowest BCUT2D eigenvalue weighted by Gasteiger charge is -2.25. The van der Waals surface area contributed by atoms with Gasteiger partial charge in [0.05, 0.1) is 11.5 Å². The van der Waals surface area contributed by atoms with Crippen LogP contribution in [0.5, 0.6) is 0 Å². The molecule has 1 heterocycles. The monoisotopic (exact) mass is 195 g/mol. The molecule has 0 saturated heterocycles. The highest BCUT2D eigenvalue weighted by Crippen LogP contribution is 2.32. The van der Waals surface area contributed by atoms with Gasteiger partial charge in [-0.15, -0.1) is 0 Å². The second-order valence-electron chi connectivity index (χ2n) is 3.71. The first-order valence-corrected chi connectivity index (χ1v) is 4.27. The van der Waals surface area contributed by atoms with Gasteiger partial charge in [0, 0.05) is 12.4 Å². The van der Waals surface area contributed by atoms with E-state index in [1.165, 1.54) is 26.2 Å². The summed E-state index contributed by atoms with van der Waals surface area (Å²) in [6, 6.07) is 3.21. The van der Waals surface area contributed by atoms with E-state index in [4.69, 9.17) is 5.11 Å². The molecule has 1 aromatic heterocycles. The first kappa shape index (κ1) is 10.7. The third-order valence-corrected chi connectivity index (χ3v) is 2.26. The van der Waals surface area contributed by atoms with Crippen molar-refractivity contribution < 1.29 is 15.0 Å². The molecule has 14 heavy (non-hydrogen) atoms. The van der Waals surface area contributed by atoms with Gasteiger partial charge in [-0.05, 0) is 31.5 Å². The fourth-order valence-electron chi connectivity index (χ4n) is 1.08. The van der Waals surface area contributed by atoms with Gasteiger partial charge < -0.3 is 10.2 Å². The lowest BCUT2D eigenvalue weighted by Crippen LogP contribution is -2.31. The van der Waals surface area contributed by atoms with E-state index in [-0.39, 0.29) is 0 Å². The summed E-state index contributed by atoms with van der Waals surface area (Å²) in [4.78, 5) is 14.7. The molecular weight excluding hydrogens is 182 g/mol. The smallest absolute Gasteiger partial charge is 0.312 e. The fraction of sp³-hybridized carbons (Fsp3) is 0.400. The number of carboxylic acids is 1. The van der Waals surface area contributed by atoms with Crippen molar-refractivity contribution in [3.63, 3.8) is 0 Å². The minimum atomic E-state index is -1.19. The molecule has 0 saturated carbocycles. The second-order valence-corrected chi connectivity index (χ2v) is 3.71. The van der Waals surface area contributed by atoms with E-state index in [1.54, 1.807) is 12.1 Å². The number of rotatable bonds is 3. The molecule has 1 aromatic rings. The number of pyridine rings is 1. The summed E-state index contributed by atoms with van der Waals surface area (Å²) in [5, 5.41) is 18.7. The molecule has 1 atom stereocenters. The molecule has 0 spiro atoms. The maximum atomic E-state index is 10.9. The van der Waals surface area contributed by atoms with Gasteiger partial charge in [-0.25, -0.2) is 0 Å². The zero-order valence-corrected chi connectivity index (χ0v) is 8.14. The number of aliphatic hydroxyl groups is 1. The van der Waals surface area contributed by atoms with E-state index in [0.29, 0.717) is 5.56 Å². The minimum absolute atomic E-state index is 0.562. The quantitative estimate of drug-likeness (QED) is 0.760. The first-order valence-electron chi connectivity index (χ1n) is 4.27. The Morgan fingerprint density at radius 2 is 1.93 bits per heavy atom. The Bertz CT molecular complexity index is 321. The maximum absolute atomic E-state index is 10.9. The minimum Gasteiger partial charge on any atom is -0.481 e. The van der Waals surface area contributed by atoms with E-state index >= 15 is 0 Å². The predicted molar refractivity (Wildman–Crippen MR) is 50.6 cm³/mol. The zero-order valence-electron chi connectivity index (χ0n) is 8.14. The number of hydrogen-bond donors (Lipinski definition) is 2. The summed E-state index contributed by atoms with van der Waals surface area (Å²) >= 11 is 0. The average molecular weight is 195 g/mol. The van der Waals surface area contributed by atoms with E-state index < -0.39 is 17.5 Å². The van der Waals surface area contributed by atoms with Gasteiger partial charge >= 0.3 is 5.97 Å². The zero-order chi connectivity index (χ0) is 10.8. The molecule has 0 aliphatic heterocycles. The highest BCUT2D eigenvalue weighted by Gasteiger charge is 2.36. The van der Waals surface area contributed by atoms with Gasteiger partial charge in [-0.2, -0.15) is 0 Å². The average Bonchev–Trinajstić information content (AvgIpc) is 2.17. The Labute approximate surface area is 82.2 Å². The Morgan fingerprint density at radius 3 is 2.36 bits per heavy atom. The second kappa shape index (κ2) is 3.75. The van der Waals surface area contributed by atoms with Crippen LogP contribution in [0.25, 0.3) is 0 Å². The van der Waals surface area contributed by atoms with Crippen LogP contribution >= 0.6 is 0 Å². The molecule has 4 heteroatoms. The number of nitrogens with zero attached hydrogens (tertiary/aromatic N) is 1. The standard InChI is InChI=1S/C10H13NO3/c1-10(2,9(13)14)8(12)7-3-5-11-6-4-7/h3-6,8,12H,1-2H3,(H,13,14). The number of aliphatic carboxylic acids is 1. The van der Waals surface area contributed by atoms with Crippen molar-refractivity contribution in [3.05, 3.63) is 30.1 Å². The Balaban J connectivity index is 2.96. The van der Waals surface area contributed by atoms with Crippen molar-refractivity contribution in [2.24, 2.45) is 5.41 Å². The maximum Gasteiger partial charge on any atom is 0.312 e. The molecule has 4 nitrogen and oxygen atoms in total. The lowest BCUT2D eigenvalue weighted by molar-refractivity contribution is -0.153. The van der Waals surface area contributed by atoms with Crippen molar-refractivity contribution in [2.75, 3.05) is 0 Å². The summed E-state index contributed by atoms with van der Waals surface area (Å²) in [6.45, 7) is 2.97. The number of carboxylic acid groups (broad SMARTS) is 1. The number of hydrogen-bond acceptors (Lipinski definition) is 3. The molecule has 0 bridgehead atoms. The molecular formula is C10H13NO3. The predicted octanol–water partition coefficient (Wildman–Crippen LogP) is 1.23. The Hall–Kier alpha value is -1.42. The third kappa shape index (κ3) is 1.90. The van der Waals surface area contributed by atoms with Gasteiger partial charge in [0.1, 0.15) is 0 Å². The largest absolute Gasteiger partial charge is 0.481 e. The van der Waals surface area contributed by atoms with Crippen LogP contribution in [-0.2, 0) is 4.79 Å². The molecule has 76 valence electrons. The van der Waals surface area contributed by atoms with Crippen LogP contribution in [0, 0.1) is 5.41 Å². The first-order chi connectivity index (χ1) is 6.46. The van der Waals surface area contributed by atoms with Crippen LogP contribution in [0.3, 0.4) is 0 Å². The van der Waals surface area contributed by atoms with Crippen LogP contribution in [0.1, 0.15) is 25.5 Å². The van der Waals surface area contributed by atoms with E-state index in [0.717, 1.165) is 0 Å². The SMILES string of the molecule is CC(C)(C(=O)O)C(O)c1ccncc1. The topological polar surface area (TPSA) is 70.4 Å². The summed E-state index contributed by atoms with van der Waals surface area (Å²) in [5.74, 6) is -1.03. The lowest BCUT2D eigenvalue weighted by atomic mass is 9.83. The molecule has 0 fully saturated rings. The molecule has 0 radical (unpaired) electrons. The normalized spacial score (nSPS) is 13.6. The van der Waals surface area contributed by atoms with Crippen LogP contribution in [0.15, 0.2) is 24.5 Å². The van der Waals surface area contributed by atoms with Crippen LogP contribution in [0.4, 0.5) is 0 Å². The van der Waals surface area contributed by atoms with E-state index in [1.807, 2.05) is 0 Å². The number of aromatic nitrogens is 1. The van der Waals surface area contributed by atoms with E-state index in [9.17, 15) is 9.90 Å². The number of carbonyl (C=O) groups is 1. The summed E-state index contributed by atoms with van der Waals surface area (Å²) in [5.41, 5.74) is -0.631. The molecule has 0 aromatic carbocycles. The van der Waals surface area contributed by atoms with Crippen molar-refractivity contribution in [1.29, 1.82) is 0 Å². The van der Waals surface area contributed by atoms with Crippen molar-refractivity contribution in [2.45, 2.75) is 20.0 Å². The summed E-state index contributed by atoms with van der Waals surface area (Å²) < 4.78 is 0. The Morgan fingerprint density at radius 1 is 1.43 bits per heavy atom. The van der Waals surface area contributed by atoms with Crippen molar-refractivity contribution >= 4 is 5.97 Å². The number of aliphatic hydroxyl groups excluding tert-OH is 1. The fourth-order valence-corrected chi connectivity index (χ4v) is 1.08. The van der Waals surface area contributed by atoms with Gasteiger partial charge in [-0.1, -0.05) is 0 Å². The summed E-state index contributed by atoms with van der Waals surface area (Å²) in [6.07, 6.45) is 2.02. The Kier molecular flexibility index (Phi) is 2.86. The van der Waals surface area contributed by atoms with Crippen LogP contribution in [-0.4, -0.2) is 21.2 Å². The van der Waals surface area contributed by atoms with Gasteiger partial charge in [0.25, 0.3) is 0 Å². The van der Waals surface area contributed by atoms with E-state index in [2.05, 4.69) is 4.98 Å². The highest BCUT2D eigenvalue weighted by atomic mass is 16.4. The van der Waals surface area contributed by atoms with Gasteiger partial charge in [0.15, 0.2) is 0 Å². The molecule has 0 aliphatic rings. The van der Waals surface area contributed by atoms with Gasteiger partial charge in [0.2, 0.25) is 0 Å². The molecule has 2 N–H and O–H groups in total. The highest BCUT2D eigenvalue weighted by molar-refractivity contribution is 5.74. The van der Waals surface area contributed by atoms with Crippen molar-refractivity contribution in [3.8, 4) is 0 Å². The summed E-state index contributed by atoms with van der Waals surface area (Å²) in [7, 11) is 0. The molecule has 1 unspecified atom stereocenters. The van der Waals surface area contributed by atoms with Crippen LogP contribution < -0.4 is 0 Å². The van der Waals surface area contributed by atoms with Gasteiger partial charge in [-0.3, -0.25) is 9.78 Å². The molecule has 0 amide bonds. The van der Waals surface area contributed by atoms with Crippen molar-refractivity contribution in [1.82, 2.24) is 4.98 Å². The third-order valence-electron chi connectivity index (χ3n) is 2.26.